The average molecular weight is 347 g/mol. The summed E-state index contributed by atoms with van der Waals surface area (Å²) in [5.41, 5.74) is 0.705. The van der Waals surface area contributed by atoms with Crippen LogP contribution in [0, 0.1) is 5.92 Å². The van der Waals surface area contributed by atoms with Gasteiger partial charge in [0.25, 0.3) is 5.89 Å². The minimum absolute atomic E-state index is 0.112. The van der Waals surface area contributed by atoms with Crippen LogP contribution >= 0.6 is 11.6 Å². The van der Waals surface area contributed by atoms with E-state index in [1.54, 1.807) is 12.1 Å². The number of halogens is 1. The second kappa shape index (κ2) is 5.94. The van der Waals surface area contributed by atoms with Gasteiger partial charge < -0.3 is 13.9 Å². The highest BCUT2D eigenvalue weighted by atomic mass is 35.5. The number of carboxylic acids is 1. The molecule has 24 heavy (non-hydrogen) atoms. The number of aliphatic carboxylic acids is 1. The SMILES string of the molecule is O=C(O)[C@H]1CC[C@H](c2nnc(-c3cc4cc(Cl)ccc4o3)o2)CC1. The Morgan fingerprint density at radius 2 is 1.92 bits per heavy atom. The van der Waals surface area contributed by atoms with Gasteiger partial charge in [-0.05, 0) is 49.9 Å². The first-order chi connectivity index (χ1) is 11.6. The van der Waals surface area contributed by atoms with E-state index < -0.39 is 5.97 Å². The lowest BCUT2D eigenvalue weighted by Gasteiger charge is -2.23. The van der Waals surface area contributed by atoms with E-state index in [2.05, 4.69) is 10.2 Å². The third-order valence-electron chi connectivity index (χ3n) is 4.56. The Hall–Kier alpha value is -2.34. The fourth-order valence-corrected chi connectivity index (χ4v) is 3.39. The van der Waals surface area contributed by atoms with Crippen LogP contribution in [0.4, 0.5) is 0 Å². The summed E-state index contributed by atoms with van der Waals surface area (Å²) in [6, 6.07) is 7.19. The Morgan fingerprint density at radius 3 is 2.67 bits per heavy atom. The quantitative estimate of drug-likeness (QED) is 0.751. The molecule has 1 aliphatic carbocycles. The molecule has 0 unspecified atom stereocenters. The molecule has 7 heteroatoms. The molecule has 3 aromatic rings. The number of benzene rings is 1. The van der Waals surface area contributed by atoms with Crippen molar-refractivity contribution in [1.29, 1.82) is 0 Å². The second-order valence-corrected chi connectivity index (χ2v) is 6.56. The first kappa shape index (κ1) is 15.2. The van der Waals surface area contributed by atoms with Crippen LogP contribution in [0.15, 0.2) is 33.1 Å². The maximum Gasteiger partial charge on any atom is 0.306 e. The fraction of sp³-hybridized carbons (Fsp3) is 0.353. The molecule has 2 aromatic heterocycles. The minimum atomic E-state index is -0.722. The summed E-state index contributed by atoms with van der Waals surface area (Å²) in [7, 11) is 0. The van der Waals surface area contributed by atoms with Gasteiger partial charge in [0.05, 0.1) is 5.92 Å². The third kappa shape index (κ3) is 2.78. The average Bonchev–Trinajstić information content (AvgIpc) is 3.21. The van der Waals surface area contributed by atoms with Gasteiger partial charge in [-0.1, -0.05) is 11.6 Å². The summed E-state index contributed by atoms with van der Waals surface area (Å²) in [4.78, 5) is 11.0. The van der Waals surface area contributed by atoms with Crippen molar-refractivity contribution in [3.8, 4) is 11.7 Å². The predicted molar refractivity (Wildman–Crippen MR) is 86.9 cm³/mol. The van der Waals surface area contributed by atoms with Crippen LogP contribution in [0.5, 0.6) is 0 Å². The number of furan rings is 1. The molecule has 4 rings (SSSR count). The highest BCUT2D eigenvalue weighted by Crippen LogP contribution is 2.37. The molecule has 124 valence electrons. The summed E-state index contributed by atoms with van der Waals surface area (Å²) in [5.74, 6) is 0.514. The third-order valence-corrected chi connectivity index (χ3v) is 4.79. The lowest BCUT2D eigenvalue weighted by Crippen LogP contribution is -2.20. The zero-order chi connectivity index (χ0) is 16.7. The largest absolute Gasteiger partial charge is 0.481 e. The Labute approximate surface area is 142 Å². The van der Waals surface area contributed by atoms with Gasteiger partial charge in [0.1, 0.15) is 5.58 Å². The van der Waals surface area contributed by atoms with E-state index in [1.807, 2.05) is 12.1 Å². The second-order valence-electron chi connectivity index (χ2n) is 6.13. The van der Waals surface area contributed by atoms with Gasteiger partial charge in [-0.3, -0.25) is 4.79 Å². The first-order valence-electron chi connectivity index (χ1n) is 7.86. The minimum Gasteiger partial charge on any atom is -0.481 e. The van der Waals surface area contributed by atoms with E-state index in [9.17, 15) is 4.79 Å². The Bertz CT molecular complexity index is 893. The van der Waals surface area contributed by atoms with E-state index in [0.29, 0.717) is 41.0 Å². The van der Waals surface area contributed by atoms with Gasteiger partial charge >= 0.3 is 5.97 Å². The monoisotopic (exact) mass is 346 g/mol. The number of fused-ring (bicyclic) bond motifs is 1. The Kier molecular flexibility index (Phi) is 3.76. The molecular weight excluding hydrogens is 332 g/mol. The molecule has 1 aliphatic rings. The van der Waals surface area contributed by atoms with Gasteiger partial charge in [0.2, 0.25) is 5.89 Å². The van der Waals surface area contributed by atoms with Crippen LogP contribution in [0.25, 0.3) is 22.6 Å². The summed E-state index contributed by atoms with van der Waals surface area (Å²) >= 11 is 5.98. The van der Waals surface area contributed by atoms with Crippen LogP contribution in [0.3, 0.4) is 0 Å². The van der Waals surface area contributed by atoms with E-state index >= 15 is 0 Å². The van der Waals surface area contributed by atoms with Crippen molar-refractivity contribution in [3.05, 3.63) is 35.2 Å². The summed E-state index contributed by atoms with van der Waals surface area (Å²) in [6.45, 7) is 0. The number of carboxylic acid groups (broad SMARTS) is 1. The van der Waals surface area contributed by atoms with Gasteiger partial charge in [0, 0.05) is 16.3 Å². The Morgan fingerprint density at radius 1 is 1.12 bits per heavy atom. The van der Waals surface area contributed by atoms with Crippen molar-refractivity contribution in [2.75, 3.05) is 0 Å². The standard InChI is InChI=1S/C17H15ClN2O4/c18-12-5-6-13-11(7-12)8-14(23-13)16-20-19-15(24-16)9-1-3-10(4-2-9)17(21)22/h5-10H,1-4H2,(H,21,22)/t9-,10-. The molecule has 0 amide bonds. The number of carbonyl (C=O) groups is 1. The van der Waals surface area contributed by atoms with Crippen molar-refractivity contribution in [1.82, 2.24) is 10.2 Å². The van der Waals surface area contributed by atoms with E-state index in [4.69, 9.17) is 25.5 Å². The number of hydrogen-bond acceptors (Lipinski definition) is 5. The zero-order valence-corrected chi connectivity index (χ0v) is 13.5. The van der Waals surface area contributed by atoms with E-state index in [-0.39, 0.29) is 11.8 Å². The molecule has 1 N–H and O–H groups in total. The molecular formula is C17H15ClN2O4. The molecule has 2 heterocycles. The molecule has 1 aromatic carbocycles. The highest BCUT2D eigenvalue weighted by molar-refractivity contribution is 6.31. The topological polar surface area (TPSA) is 89.4 Å². The summed E-state index contributed by atoms with van der Waals surface area (Å²) in [5, 5.41) is 18.8. The molecule has 0 saturated heterocycles. The van der Waals surface area contributed by atoms with Crippen molar-refractivity contribution in [3.63, 3.8) is 0 Å². The molecule has 0 bridgehead atoms. The van der Waals surface area contributed by atoms with Gasteiger partial charge in [0.15, 0.2) is 5.76 Å². The number of rotatable bonds is 3. The van der Waals surface area contributed by atoms with Gasteiger partial charge in [-0.2, -0.15) is 0 Å². The maximum atomic E-state index is 11.0. The first-order valence-corrected chi connectivity index (χ1v) is 8.23. The van der Waals surface area contributed by atoms with Crippen LogP contribution in [0.2, 0.25) is 5.02 Å². The normalized spacial score (nSPS) is 21.2. The van der Waals surface area contributed by atoms with E-state index in [1.165, 1.54) is 0 Å². The van der Waals surface area contributed by atoms with Gasteiger partial charge in [-0.25, -0.2) is 0 Å². The van der Waals surface area contributed by atoms with Crippen LogP contribution < -0.4 is 0 Å². The van der Waals surface area contributed by atoms with Crippen LogP contribution in [-0.4, -0.2) is 21.3 Å². The molecule has 6 nitrogen and oxygen atoms in total. The fourth-order valence-electron chi connectivity index (χ4n) is 3.21. The van der Waals surface area contributed by atoms with Crippen LogP contribution in [-0.2, 0) is 4.79 Å². The zero-order valence-electron chi connectivity index (χ0n) is 12.7. The van der Waals surface area contributed by atoms with Crippen molar-refractivity contribution in [2.45, 2.75) is 31.6 Å². The number of aromatic nitrogens is 2. The molecule has 1 fully saturated rings. The predicted octanol–water partition coefficient (Wildman–Crippen LogP) is 4.49. The lowest BCUT2D eigenvalue weighted by molar-refractivity contribution is -0.142. The summed E-state index contributed by atoms with van der Waals surface area (Å²) in [6.07, 6.45) is 2.77. The maximum absolute atomic E-state index is 11.0. The lowest BCUT2D eigenvalue weighted by atomic mass is 9.82. The number of nitrogens with zero attached hydrogens (tertiary/aromatic N) is 2. The van der Waals surface area contributed by atoms with Crippen molar-refractivity contribution >= 4 is 28.5 Å². The highest BCUT2D eigenvalue weighted by Gasteiger charge is 2.30. The van der Waals surface area contributed by atoms with Crippen molar-refractivity contribution < 1.29 is 18.7 Å². The van der Waals surface area contributed by atoms with Gasteiger partial charge in [-0.15, -0.1) is 10.2 Å². The molecule has 0 radical (unpaired) electrons. The molecule has 0 aliphatic heterocycles. The van der Waals surface area contributed by atoms with E-state index in [0.717, 1.165) is 18.2 Å². The molecule has 0 atom stereocenters. The van der Waals surface area contributed by atoms with Crippen molar-refractivity contribution in [2.24, 2.45) is 5.92 Å². The smallest absolute Gasteiger partial charge is 0.306 e. The summed E-state index contributed by atoms with van der Waals surface area (Å²) < 4.78 is 11.5. The molecule has 1 saturated carbocycles. The number of hydrogen-bond donors (Lipinski definition) is 1. The Balaban J connectivity index is 1.55. The van der Waals surface area contributed by atoms with Crippen LogP contribution in [0.1, 0.15) is 37.5 Å². The molecule has 0 spiro atoms.